The third-order valence-corrected chi connectivity index (χ3v) is 3.37. The van der Waals surface area contributed by atoms with E-state index < -0.39 is 0 Å². The monoisotopic (exact) mass is 170 g/mol. The summed E-state index contributed by atoms with van der Waals surface area (Å²) in [5, 5.41) is 9.49. The molecule has 2 aliphatic rings. The van der Waals surface area contributed by atoms with Gasteiger partial charge in [0.25, 0.3) is 0 Å². The Morgan fingerprint density at radius 1 is 1.42 bits per heavy atom. The molecule has 1 unspecified atom stereocenters. The second-order valence-electron chi connectivity index (χ2n) is 4.36. The molecule has 2 nitrogen and oxygen atoms in total. The second-order valence-corrected chi connectivity index (χ2v) is 4.36. The molecule has 0 aromatic carbocycles. The van der Waals surface area contributed by atoms with E-state index in [9.17, 15) is 5.11 Å². The number of hydrogen-bond donors (Lipinski definition) is 1. The molecular formula is C10H18O2. The van der Waals surface area contributed by atoms with Gasteiger partial charge in [-0.2, -0.15) is 0 Å². The quantitative estimate of drug-likeness (QED) is 0.649. The molecule has 0 amide bonds. The molecule has 1 atom stereocenters. The van der Waals surface area contributed by atoms with Crippen LogP contribution in [0.4, 0.5) is 0 Å². The predicted octanol–water partition coefficient (Wildman–Crippen LogP) is 1.72. The first kappa shape index (κ1) is 8.52. The lowest BCUT2D eigenvalue weighted by Gasteiger charge is -2.50. The summed E-state index contributed by atoms with van der Waals surface area (Å²) in [5.41, 5.74) is 0.0956. The van der Waals surface area contributed by atoms with Gasteiger partial charge in [0.2, 0.25) is 0 Å². The molecule has 12 heavy (non-hydrogen) atoms. The molecule has 2 fully saturated rings. The average Bonchev–Trinajstić information content (AvgIpc) is 1.99. The standard InChI is InChI=1S/C10H18O2/c1-2-8-5-10(6-8)7-9(11)3-4-12-10/h8-9,11H,2-7H2,1H3. The molecule has 0 aromatic heterocycles. The summed E-state index contributed by atoms with van der Waals surface area (Å²) in [4.78, 5) is 0. The van der Waals surface area contributed by atoms with Gasteiger partial charge in [-0.1, -0.05) is 13.3 Å². The van der Waals surface area contributed by atoms with E-state index in [0.717, 1.165) is 25.4 Å². The number of aliphatic hydroxyl groups is 1. The van der Waals surface area contributed by atoms with E-state index in [1.165, 1.54) is 19.3 Å². The van der Waals surface area contributed by atoms with E-state index in [2.05, 4.69) is 6.92 Å². The first-order valence-corrected chi connectivity index (χ1v) is 5.06. The average molecular weight is 170 g/mol. The van der Waals surface area contributed by atoms with Crippen molar-refractivity contribution in [1.82, 2.24) is 0 Å². The molecule has 2 heteroatoms. The predicted molar refractivity (Wildman–Crippen MR) is 46.9 cm³/mol. The largest absolute Gasteiger partial charge is 0.393 e. The molecule has 1 saturated carbocycles. The molecule has 0 radical (unpaired) electrons. The van der Waals surface area contributed by atoms with Gasteiger partial charge in [-0.25, -0.2) is 0 Å². The van der Waals surface area contributed by atoms with Gasteiger partial charge in [0, 0.05) is 13.0 Å². The summed E-state index contributed by atoms with van der Waals surface area (Å²) in [6, 6.07) is 0. The van der Waals surface area contributed by atoms with Crippen molar-refractivity contribution in [2.45, 2.75) is 50.7 Å². The van der Waals surface area contributed by atoms with Crippen molar-refractivity contribution in [3.8, 4) is 0 Å². The molecule has 1 N–H and O–H groups in total. The topological polar surface area (TPSA) is 29.5 Å². The lowest BCUT2D eigenvalue weighted by molar-refractivity contribution is -0.179. The highest BCUT2D eigenvalue weighted by atomic mass is 16.5. The van der Waals surface area contributed by atoms with E-state index in [0.29, 0.717) is 0 Å². The molecule has 1 saturated heterocycles. The van der Waals surface area contributed by atoms with Crippen LogP contribution in [0.15, 0.2) is 0 Å². The molecule has 1 heterocycles. The van der Waals surface area contributed by atoms with Crippen LogP contribution in [0.1, 0.15) is 39.0 Å². The van der Waals surface area contributed by atoms with Gasteiger partial charge in [-0.15, -0.1) is 0 Å². The minimum absolute atomic E-state index is 0.0956. The van der Waals surface area contributed by atoms with Crippen molar-refractivity contribution in [3.63, 3.8) is 0 Å². The van der Waals surface area contributed by atoms with Gasteiger partial charge in [0.05, 0.1) is 11.7 Å². The molecule has 70 valence electrons. The summed E-state index contributed by atoms with van der Waals surface area (Å²) in [6.07, 6.45) is 5.24. The molecular weight excluding hydrogens is 152 g/mol. The van der Waals surface area contributed by atoms with Crippen LogP contribution in [0, 0.1) is 5.92 Å². The zero-order valence-electron chi connectivity index (χ0n) is 7.75. The minimum Gasteiger partial charge on any atom is -0.393 e. The third-order valence-electron chi connectivity index (χ3n) is 3.37. The zero-order chi connectivity index (χ0) is 8.60. The maximum absolute atomic E-state index is 9.49. The Kier molecular flexibility index (Phi) is 2.13. The molecule has 1 aliphatic carbocycles. The lowest BCUT2D eigenvalue weighted by atomic mass is 9.66. The van der Waals surface area contributed by atoms with Crippen molar-refractivity contribution < 1.29 is 9.84 Å². The van der Waals surface area contributed by atoms with Crippen molar-refractivity contribution in [2.24, 2.45) is 5.92 Å². The van der Waals surface area contributed by atoms with Crippen LogP contribution in [0.3, 0.4) is 0 Å². The van der Waals surface area contributed by atoms with Gasteiger partial charge < -0.3 is 9.84 Å². The minimum atomic E-state index is -0.100. The van der Waals surface area contributed by atoms with E-state index >= 15 is 0 Å². The van der Waals surface area contributed by atoms with E-state index in [4.69, 9.17) is 4.74 Å². The van der Waals surface area contributed by atoms with Crippen molar-refractivity contribution >= 4 is 0 Å². The Labute approximate surface area is 73.9 Å². The second kappa shape index (κ2) is 3.00. The van der Waals surface area contributed by atoms with Crippen LogP contribution in [-0.4, -0.2) is 23.4 Å². The number of rotatable bonds is 1. The van der Waals surface area contributed by atoms with Crippen LogP contribution in [0.5, 0.6) is 0 Å². The molecule has 0 aromatic rings. The summed E-state index contributed by atoms with van der Waals surface area (Å²) >= 11 is 0. The Bertz CT molecular complexity index is 161. The van der Waals surface area contributed by atoms with Gasteiger partial charge >= 0.3 is 0 Å². The Balaban J connectivity index is 1.88. The maximum atomic E-state index is 9.49. The first-order valence-electron chi connectivity index (χ1n) is 5.06. The third kappa shape index (κ3) is 1.38. The molecule has 1 spiro atoms. The Hall–Kier alpha value is -0.0800. The van der Waals surface area contributed by atoms with Crippen molar-refractivity contribution in [1.29, 1.82) is 0 Å². The highest BCUT2D eigenvalue weighted by Crippen LogP contribution is 2.47. The highest BCUT2D eigenvalue weighted by Gasteiger charge is 2.47. The van der Waals surface area contributed by atoms with Crippen molar-refractivity contribution in [2.75, 3.05) is 6.61 Å². The van der Waals surface area contributed by atoms with Crippen LogP contribution in [0.2, 0.25) is 0 Å². The lowest BCUT2D eigenvalue weighted by Crippen LogP contribution is -2.51. The van der Waals surface area contributed by atoms with Gasteiger partial charge in [0.1, 0.15) is 0 Å². The summed E-state index contributed by atoms with van der Waals surface area (Å²) in [7, 11) is 0. The smallest absolute Gasteiger partial charge is 0.0712 e. The first-order chi connectivity index (χ1) is 5.74. The van der Waals surface area contributed by atoms with E-state index in [1.807, 2.05) is 0 Å². The Morgan fingerprint density at radius 2 is 2.17 bits per heavy atom. The fourth-order valence-electron chi connectivity index (χ4n) is 2.57. The summed E-state index contributed by atoms with van der Waals surface area (Å²) in [6.45, 7) is 2.99. The van der Waals surface area contributed by atoms with Crippen molar-refractivity contribution in [3.05, 3.63) is 0 Å². The Morgan fingerprint density at radius 3 is 2.75 bits per heavy atom. The van der Waals surface area contributed by atoms with Gasteiger partial charge in [-0.05, 0) is 25.2 Å². The number of aliphatic hydroxyl groups excluding tert-OH is 1. The normalized spacial score (nSPS) is 47.5. The summed E-state index contributed by atoms with van der Waals surface area (Å²) in [5.74, 6) is 0.857. The maximum Gasteiger partial charge on any atom is 0.0712 e. The SMILES string of the molecule is CCC1CC2(CC(O)CCO2)C1. The van der Waals surface area contributed by atoms with Crippen LogP contribution < -0.4 is 0 Å². The number of hydrogen-bond acceptors (Lipinski definition) is 2. The number of ether oxygens (including phenoxy) is 1. The zero-order valence-corrected chi connectivity index (χ0v) is 7.75. The fraction of sp³-hybridized carbons (Fsp3) is 1.00. The summed E-state index contributed by atoms with van der Waals surface area (Å²) < 4.78 is 5.74. The van der Waals surface area contributed by atoms with Crippen LogP contribution in [0.25, 0.3) is 0 Å². The van der Waals surface area contributed by atoms with Crippen LogP contribution in [-0.2, 0) is 4.74 Å². The van der Waals surface area contributed by atoms with Gasteiger partial charge in [-0.3, -0.25) is 0 Å². The van der Waals surface area contributed by atoms with E-state index in [-0.39, 0.29) is 11.7 Å². The highest BCUT2D eigenvalue weighted by molar-refractivity contribution is 4.98. The van der Waals surface area contributed by atoms with E-state index in [1.54, 1.807) is 0 Å². The molecule has 2 rings (SSSR count). The molecule has 1 aliphatic heterocycles. The molecule has 0 bridgehead atoms. The fourth-order valence-corrected chi connectivity index (χ4v) is 2.57. The van der Waals surface area contributed by atoms with Crippen LogP contribution >= 0.6 is 0 Å². The van der Waals surface area contributed by atoms with Gasteiger partial charge in [0.15, 0.2) is 0 Å².